The van der Waals surface area contributed by atoms with Gasteiger partial charge in [-0.05, 0) is 33.7 Å². The summed E-state index contributed by atoms with van der Waals surface area (Å²) in [7, 11) is -1.31. The second kappa shape index (κ2) is 8.10. The van der Waals surface area contributed by atoms with E-state index in [1.807, 2.05) is 39.6 Å². The summed E-state index contributed by atoms with van der Waals surface area (Å²) in [6.07, 6.45) is 2.55. The molecule has 0 bridgehead atoms. The van der Waals surface area contributed by atoms with Gasteiger partial charge in [-0.15, -0.1) is 0 Å². The lowest BCUT2D eigenvalue weighted by Crippen LogP contribution is -2.57. The lowest BCUT2D eigenvalue weighted by Gasteiger charge is -2.43. The number of carbonyl (C=O) groups excluding carboxylic acids is 1. The molecular weight excluding hydrogens is 384 g/mol. The minimum Gasteiger partial charge on any atom is -0.395 e. The van der Waals surface area contributed by atoms with Crippen LogP contribution in [0.1, 0.15) is 46.2 Å². The zero-order valence-electron chi connectivity index (χ0n) is 17.5. The number of aromatic nitrogens is 1. The van der Waals surface area contributed by atoms with Gasteiger partial charge in [0, 0.05) is 30.6 Å². The number of nitrogens with one attached hydrogen (secondary N) is 1. The highest BCUT2D eigenvalue weighted by Crippen LogP contribution is 2.27. The molecule has 1 amide bonds. The fraction of sp³-hybridized carbons (Fsp3) is 0.778. The van der Waals surface area contributed by atoms with Crippen molar-refractivity contribution in [2.45, 2.75) is 57.5 Å². The van der Waals surface area contributed by atoms with Crippen molar-refractivity contribution >= 4 is 21.8 Å². The Hall–Kier alpha value is -1.49. The molecule has 0 saturated carbocycles. The normalized spacial score (nSPS) is 17.9. The Morgan fingerprint density at radius 3 is 2.43 bits per heavy atom. The van der Waals surface area contributed by atoms with Gasteiger partial charge in [0.2, 0.25) is 21.8 Å². The number of rotatable bonds is 7. The Bertz CT molecular complexity index is 795. The summed E-state index contributed by atoms with van der Waals surface area (Å²) in [5.74, 6) is -0.0139. The van der Waals surface area contributed by atoms with Gasteiger partial charge in [0.15, 0.2) is 0 Å². The molecule has 0 aromatic carbocycles. The van der Waals surface area contributed by atoms with Crippen molar-refractivity contribution < 1.29 is 22.8 Å². The largest absolute Gasteiger partial charge is 0.395 e. The maximum absolute atomic E-state index is 12.9. The fourth-order valence-electron chi connectivity index (χ4n) is 3.18. The van der Waals surface area contributed by atoms with Crippen LogP contribution < -0.4 is 5.32 Å². The van der Waals surface area contributed by atoms with Gasteiger partial charge in [0.25, 0.3) is 0 Å². The first-order chi connectivity index (χ1) is 12.8. The van der Waals surface area contributed by atoms with Crippen LogP contribution in [0.15, 0.2) is 10.6 Å². The molecule has 1 aliphatic heterocycles. The fourth-order valence-corrected chi connectivity index (χ4v) is 4.05. The van der Waals surface area contributed by atoms with Crippen LogP contribution in [0, 0.1) is 0 Å². The minimum absolute atomic E-state index is 0.0900. The van der Waals surface area contributed by atoms with Gasteiger partial charge in [-0.25, -0.2) is 12.7 Å². The smallest absolute Gasteiger partial charge is 0.246 e. The van der Waals surface area contributed by atoms with E-state index in [0.717, 1.165) is 0 Å². The van der Waals surface area contributed by atoms with E-state index in [4.69, 9.17) is 4.52 Å². The summed E-state index contributed by atoms with van der Waals surface area (Å²) in [4.78, 5) is 14.9. The summed E-state index contributed by atoms with van der Waals surface area (Å²) >= 11 is 0. The first kappa shape index (κ1) is 22.8. The Kier molecular flexibility index (Phi) is 6.59. The predicted octanol–water partition coefficient (Wildman–Crippen LogP) is 1.02. The van der Waals surface area contributed by atoms with E-state index in [9.17, 15) is 18.3 Å². The second-order valence-electron chi connectivity index (χ2n) is 8.64. The SMILES string of the molecule is CN(C1CCN(S(C)(=O)=O)CC1)C(C)(C)C(=O)Nc1cc(C(C)(C)CO)no1. The molecule has 1 aliphatic rings. The molecule has 9 nitrogen and oxygen atoms in total. The number of amides is 1. The molecule has 0 aliphatic carbocycles. The number of carbonyl (C=O) groups is 1. The first-order valence-electron chi connectivity index (χ1n) is 9.36. The first-order valence-corrected chi connectivity index (χ1v) is 11.2. The highest BCUT2D eigenvalue weighted by molar-refractivity contribution is 7.88. The monoisotopic (exact) mass is 416 g/mol. The van der Waals surface area contributed by atoms with Crippen LogP contribution >= 0.6 is 0 Å². The van der Waals surface area contributed by atoms with Crippen molar-refractivity contribution in [1.29, 1.82) is 0 Å². The highest BCUT2D eigenvalue weighted by Gasteiger charge is 2.39. The van der Waals surface area contributed by atoms with E-state index < -0.39 is 21.0 Å². The Labute approximate surface area is 167 Å². The molecule has 0 atom stereocenters. The molecule has 0 spiro atoms. The van der Waals surface area contributed by atoms with Gasteiger partial charge < -0.3 is 9.63 Å². The van der Waals surface area contributed by atoms with E-state index in [2.05, 4.69) is 10.5 Å². The van der Waals surface area contributed by atoms with E-state index in [-0.39, 0.29) is 24.4 Å². The molecule has 0 radical (unpaired) electrons. The van der Waals surface area contributed by atoms with E-state index in [0.29, 0.717) is 31.6 Å². The van der Waals surface area contributed by atoms with Crippen LogP contribution in [0.2, 0.25) is 0 Å². The van der Waals surface area contributed by atoms with Crippen molar-refractivity contribution in [3.63, 3.8) is 0 Å². The quantitative estimate of drug-likeness (QED) is 0.682. The maximum atomic E-state index is 12.9. The summed E-state index contributed by atoms with van der Waals surface area (Å²) in [6, 6.07) is 1.71. The van der Waals surface area contributed by atoms with E-state index in [1.165, 1.54) is 10.6 Å². The van der Waals surface area contributed by atoms with Crippen LogP contribution in [0.4, 0.5) is 5.88 Å². The molecule has 0 unspecified atom stereocenters. The molecule has 2 N–H and O–H groups in total. The number of sulfonamides is 1. The third kappa shape index (κ3) is 4.91. The summed E-state index contributed by atoms with van der Waals surface area (Å²) in [5, 5.41) is 16.1. The molecule has 2 heterocycles. The Balaban J connectivity index is 2.02. The Morgan fingerprint density at radius 1 is 1.36 bits per heavy atom. The summed E-state index contributed by atoms with van der Waals surface area (Å²) < 4.78 is 30.0. The van der Waals surface area contributed by atoms with Crippen molar-refractivity contribution in [2.24, 2.45) is 0 Å². The lowest BCUT2D eigenvalue weighted by molar-refractivity contribution is -0.127. The number of likely N-dealkylation sites (N-methyl/N-ethyl adjacent to an activating group) is 1. The average molecular weight is 417 g/mol. The topological polar surface area (TPSA) is 116 Å². The number of piperidine rings is 1. The molecule has 1 fully saturated rings. The molecule has 1 saturated heterocycles. The predicted molar refractivity (Wildman–Crippen MR) is 107 cm³/mol. The van der Waals surface area contributed by atoms with Crippen molar-refractivity contribution in [3.05, 3.63) is 11.8 Å². The third-order valence-electron chi connectivity index (χ3n) is 5.71. The molecule has 1 aromatic rings. The molecule has 160 valence electrons. The zero-order valence-corrected chi connectivity index (χ0v) is 18.3. The van der Waals surface area contributed by atoms with Crippen molar-refractivity contribution in [1.82, 2.24) is 14.4 Å². The van der Waals surface area contributed by atoms with Crippen LogP contribution in [-0.2, 0) is 20.2 Å². The van der Waals surface area contributed by atoms with Crippen LogP contribution in [0.5, 0.6) is 0 Å². The van der Waals surface area contributed by atoms with Gasteiger partial charge in [0.1, 0.15) is 0 Å². The van der Waals surface area contributed by atoms with Crippen LogP contribution in [0.3, 0.4) is 0 Å². The number of aliphatic hydroxyl groups is 1. The summed E-state index contributed by atoms with van der Waals surface area (Å²) in [6.45, 7) is 8.11. The number of hydrogen-bond acceptors (Lipinski definition) is 7. The standard InChI is InChI=1S/C18H32N4O5S/c1-17(2,12-23)14-11-15(27-20-14)19-16(24)18(3,4)21(5)13-7-9-22(10-8-13)28(6,25)26/h11,13,23H,7-10,12H2,1-6H3,(H,19,24). The highest BCUT2D eigenvalue weighted by atomic mass is 32.2. The molecule has 1 aromatic heterocycles. The molecule has 2 rings (SSSR count). The minimum atomic E-state index is -3.18. The van der Waals surface area contributed by atoms with Gasteiger partial charge in [-0.1, -0.05) is 19.0 Å². The molecular formula is C18H32N4O5S. The van der Waals surface area contributed by atoms with Gasteiger partial charge in [0.05, 0.1) is 24.1 Å². The van der Waals surface area contributed by atoms with Crippen molar-refractivity contribution in [3.8, 4) is 0 Å². The number of hydrogen-bond donors (Lipinski definition) is 2. The van der Waals surface area contributed by atoms with Gasteiger partial charge >= 0.3 is 0 Å². The van der Waals surface area contributed by atoms with Crippen LogP contribution in [-0.4, -0.2) is 78.4 Å². The van der Waals surface area contributed by atoms with Gasteiger partial charge in [-0.2, -0.15) is 0 Å². The summed E-state index contributed by atoms with van der Waals surface area (Å²) in [5.41, 5.74) is -0.839. The third-order valence-corrected chi connectivity index (χ3v) is 7.02. The van der Waals surface area contributed by atoms with Gasteiger partial charge in [-0.3, -0.25) is 15.0 Å². The van der Waals surface area contributed by atoms with Crippen LogP contribution in [0.25, 0.3) is 0 Å². The number of aliphatic hydroxyl groups excluding tert-OH is 1. The molecule has 28 heavy (non-hydrogen) atoms. The van der Waals surface area contributed by atoms with E-state index in [1.54, 1.807) is 6.07 Å². The van der Waals surface area contributed by atoms with E-state index >= 15 is 0 Å². The molecule has 10 heteroatoms. The number of anilines is 1. The maximum Gasteiger partial charge on any atom is 0.246 e. The van der Waals surface area contributed by atoms with Crippen molar-refractivity contribution in [2.75, 3.05) is 38.3 Å². The zero-order chi connectivity index (χ0) is 21.3. The Morgan fingerprint density at radius 2 is 1.93 bits per heavy atom. The average Bonchev–Trinajstić information content (AvgIpc) is 3.09. The number of nitrogens with zero attached hydrogens (tertiary/aromatic N) is 3. The lowest BCUT2D eigenvalue weighted by atomic mass is 9.91. The second-order valence-corrected chi connectivity index (χ2v) is 10.6.